The van der Waals surface area contributed by atoms with Crippen molar-refractivity contribution in [2.45, 2.75) is 32.4 Å². The molecule has 21 heavy (non-hydrogen) atoms. The van der Waals surface area contributed by atoms with Crippen molar-refractivity contribution < 1.29 is 17.9 Å². The number of aryl methyl sites for hydroxylation is 1. The van der Waals surface area contributed by atoms with Gasteiger partial charge in [-0.05, 0) is 19.4 Å². The van der Waals surface area contributed by atoms with Crippen LogP contribution in [-0.2, 0) is 21.1 Å². The summed E-state index contributed by atoms with van der Waals surface area (Å²) in [7, 11) is -1.81. The number of methoxy groups -OCH3 is 1. The van der Waals surface area contributed by atoms with Crippen LogP contribution in [0.3, 0.4) is 0 Å². The van der Waals surface area contributed by atoms with Crippen LogP contribution in [0.15, 0.2) is 0 Å². The number of sulfone groups is 1. The highest BCUT2D eigenvalue weighted by molar-refractivity contribution is 7.91. The fourth-order valence-corrected chi connectivity index (χ4v) is 3.10. The first-order valence-corrected chi connectivity index (χ1v) is 8.76. The predicted molar refractivity (Wildman–Crippen MR) is 75.7 cm³/mol. The highest BCUT2D eigenvalue weighted by atomic mass is 32.2. The van der Waals surface area contributed by atoms with Crippen LogP contribution in [0.5, 0.6) is 0 Å². The summed E-state index contributed by atoms with van der Waals surface area (Å²) in [6, 6.07) is -0.0431. The molecule has 1 aromatic heterocycles. The zero-order valence-corrected chi connectivity index (χ0v) is 13.0. The molecule has 1 fully saturated rings. The van der Waals surface area contributed by atoms with E-state index in [-0.39, 0.29) is 29.8 Å². The lowest BCUT2D eigenvalue weighted by Crippen LogP contribution is -2.23. The second-order valence-corrected chi connectivity index (χ2v) is 7.40. The second-order valence-electron chi connectivity index (χ2n) is 4.92. The lowest BCUT2D eigenvalue weighted by molar-refractivity contribution is 0.0591. The Bertz CT molecular complexity index is 605. The van der Waals surface area contributed by atoms with Crippen LogP contribution >= 0.6 is 0 Å². The molecule has 1 aliphatic rings. The number of carbonyl (C=O) groups excluding carboxylic acids is 1. The predicted octanol–water partition coefficient (Wildman–Crippen LogP) is -0.0761. The van der Waals surface area contributed by atoms with Crippen molar-refractivity contribution in [1.29, 1.82) is 0 Å². The first-order valence-electron chi connectivity index (χ1n) is 6.94. The summed E-state index contributed by atoms with van der Waals surface area (Å²) in [5.74, 6) is -0.487. The fourth-order valence-electron chi connectivity index (χ4n) is 2.36. The zero-order valence-electron chi connectivity index (χ0n) is 12.2. The third-order valence-electron chi connectivity index (χ3n) is 3.60. The van der Waals surface area contributed by atoms with Crippen LogP contribution in [0.1, 0.15) is 42.0 Å². The minimum Gasteiger partial charge on any atom is -0.464 e. The summed E-state index contributed by atoms with van der Waals surface area (Å²) in [4.78, 5) is 11.8. The molecule has 0 amide bonds. The fraction of sp³-hybridized carbons (Fsp3) is 0.750. The van der Waals surface area contributed by atoms with Crippen molar-refractivity contribution >= 4 is 15.8 Å². The summed E-state index contributed by atoms with van der Waals surface area (Å²) >= 11 is 0. The number of nitrogens with one attached hydrogen (secondary N) is 1. The van der Waals surface area contributed by atoms with E-state index in [2.05, 4.69) is 15.6 Å². The maximum absolute atomic E-state index is 11.8. The molecule has 0 aliphatic carbocycles. The molecule has 0 aromatic carbocycles. The Morgan fingerprint density at radius 3 is 2.86 bits per heavy atom. The van der Waals surface area contributed by atoms with Crippen LogP contribution in [-0.4, -0.2) is 54.5 Å². The number of hydrogen-bond acceptors (Lipinski definition) is 7. The van der Waals surface area contributed by atoms with Crippen LogP contribution < -0.4 is 5.32 Å². The van der Waals surface area contributed by atoms with E-state index in [4.69, 9.17) is 4.74 Å². The lowest BCUT2D eigenvalue weighted by atomic mass is 10.1. The number of ether oxygens (including phenoxy) is 1. The van der Waals surface area contributed by atoms with Gasteiger partial charge >= 0.3 is 5.97 Å². The molecule has 2 rings (SSSR count). The number of carbonyl (C=O) groups is 1. The third-order valence-corrected chi connectivity index (χ3v) is 5.28. The number of nitrogens with zero attached hydrogens (tertiary/aromatic N) is 3. The first kappa shape index (κ1) is 15.9. The number of hydrogen-bond donors (Lipinski definition) is 1. The lowest BCUT2D eigenvalue weighted by Gasteiger charge is -2.13. The van der Waals surface area contributed by atoms with E-state index in [1.54, 1.807) is 6.92 Å². The molecule has 0 radical (unpaired) electrons. The number of esters is 1. The minimum absolute atomic E-state index is 0.0206. The van der Waals surface area contributed by atoms with Crippen LogP contribution in [0, 0.1) is 0 Å². The number of aromatic nitrogens is 3. The van der Waals surface area contributed by atoms with Gasteiger partial charge in [0.2, 0.25) is 0 Å². The molecule has 0 saturated carbocycles. The van der Waals surface area contributed by atoms with Crippen molar-refractivity contribution in [1.82, 2.24) is 20.3 Å². The van der Waals surface area contributed by atoms with Crippen LogP contribution in [0.2, 0.25) is 0 Å². The summed E-state index contributed by atoms with van der Waals surface area (Å²) in [5, 5.41) is 11.1. The van der Waals surface area contributed by atoms with E-state index < -0.39 is 15.8 Å². The topological polar surface area (TPSA) is 103 Å². The molecule has 8 nitrogen and oxygen atoms in total. The van der Waals surface area contributed by atoms with E-state index in [0.717, 1.165) is 19.4 Å². The molecule has 1 unspecified atom stereocenters. The van der Waals surface area contributed by atoms with E-state index in [1.807, 2.05) is 0 Å². The molecular weight excluding hydrogens is 296 g/mol. The third kappa shape index (κ3) is 3.59. The normalized spacial score (nSPS) is 18.9. The van der Waals surface area contributed by atoms with Gasteiger partial charge in [-0.2, -0.15) is 0 Å². The standard InChI is InChI=1S/C12H20N4O4S/c1-3-21(18,19)8-7-16-11(9-5-4-6-13-9)10(14-15-16)12(17)20-2/h9,13H,3-8H2,1-2H3. The molecule has 1 saturated heterocycles. The summed E-state index contributed by atoms with van der Waals surface area (Å²) in [5.41, 5.74) is 0.774. The van der Waals surface area contributed by atoms with Gasteiger partial charge in [-0.15, -0.1) is 5.10 Å². The molecule has 1 atom stereocenters. The minimum atomic E-state index is -3.10. The van der Waals surface area contributed by atoms with Gasteiger partial charge in [0, 0.05) is 5.75 Å². The van der Waals surface area contributed by atoms with Crippen LogP contribution in [0.25, 0.3) is 0 Å². The monoisotopic (exact) mass is 316 g/mol. The highest BCUT2D eigenvalue weighted by Gasteiger charge is 2.29. The van der Waals surface area contributed by atoms with Gasteiger partial charge in [0.1, 0.15) is 0 Å². The maximum Gasteiger partial charge on any atom is 0.360 e. The van der Waals surface area contributed by atoms with E-state index in [1.165, 1.54) is 11.8 Å². The largest absolute Gasteiger partial charge is 0.464 e. The van der Waals surface area contributed by atoms with Crippen molar-refractivity contribution in [2.24, 2.45) is 0 Å². The van der Waals surface area contributed by atoms with Gasteiger partial charge in [0.15, 0.2) is 15.5 Å². The Morgan fingerprint density at radius 1 is 1.52 bits per heavy atom. The smallest absolute Gasteiger partial charge is 0.360 e. The summed E-state index contributed by atoms with van der Waals surface area (Å²) in [6.45, 7) is 2.65. The molecule has 9 heteroatoms. The highest BCUT2D eigenvalue weighted by Crippen LogP contribution is 2.25. The Kier molecular flexibility index (Phi) is 4.94. The number of rotatable bonds is 6. The van der Waals surface area contributed by atoms with E-state index >= 15 is 0 Å². The Labute approximate surface area is 123 Å². The zero-order chi connectivity index (χ0) is 15.5. The summed E-state index contributed by atoms with van der Waals surface area (Å²) < 4.78 is 29.5. The average Bonchev–Trinajstić information content (AvgIpc) is 3.12. The molecule has 0 spiro atoms. The van der Waals surface area contributed by atoms with Crippen molar-refractivity contribution in [3.8, 4) is 0 Å². The Morgan fingerprint density at radius 2 is 2.29 bits per heavy atom. The molecule has 1 aliphatic heterocycles. The molecule has 2 heterocycles. The SMILES string of the molecule is CCS(=O)(=O)CCn1nnc(C(=O)OC)c1C1CCCN1. The quantitative estimate of drug-likeness (QED) is 0.732. The van der Waals surface area contributed by atoms with Crippen molar-refractivity contribution in [3.05, 3.63) is 11.4 Å². The van der Waals surface area contributed by atoms with Gasteiger partial charge < -0.3 is 10.1 Å². The average molecular weight is 316 g/mol. The second kappa shape index (κ2) is 6.52. The maximum atomic E-state index is 11.8. The molecule has 1 aromatic rings. The first-order chi connectivity index (χ1) is 9.98. The van der Waals surface area contributed by atoms with Gasteiger partial charge in [-0.1, -0.05) is 12.1 Å². The van der Waals surface area contributed by atoms with Crippen molar-refractivity contribution in [3.63, 3.8) is 0 Å². The van der Waals surface area contributed by atoms with Gasteiger partial charge in [-0.3, -0.25) is 0 Å². The summed E-state index contributed by atoms with van der Waals surface area (Å²) in [6.07, 6.45) is 1.85. The van der Waals surface area contributed by atoms with Crippen LogP contribution in [0.4, 0.5) is 0 Å². The molecule has 0 bridgehead atoms. The van der Waals surface area contributed by atoms with E-state index in [9.17, 15) is 13.2 Å². The molecule has 1 N–H and O–H groups in total. The Balaban J connectivity index is 2.28. The van der Waals surface area contributed by atoms with Gasteiger partial charge in [0.05, 0.1) is 31.1 Å². The van der Waals surface area contributed by atoms with Gasteiger partial charge in [-0.25, -0.2) is 17.9 Å². The van der Waals surface area contributed by atoms with Crippen molar-refractivity contribution in [2.75, 3.05) is 25.2 Å². The Hall–Kier alpha value is -1.48. The van der Waals surface area contributed by atoms with E-state index in [0.29, 0.717) is 5.69 Å². The molecule has 118 valence electrons. The van der Waals surface area contributed by atoms with Gasteiger partial charge in [0.25, 0.3) is 0 Å². The molecular formula is C12H20N4O4S.